The van der Waals surface area contributed by atoms with Crippen LogP contribution in [0.5, 0.6) is 0 Å². The minimum atomic E-state index is -0.121. The van der Waals surface area contributed by atoms with Crippen molar-refractivity contribution in [3.8, 4) is 0 Å². The molecular formula is C20H26N2O. The van der Waals surface area contributed by atoms with Gasteiger partial charge in [-0.2, -0.15) is 0 Å². The van der Waals surface area contributed by atoms with E-state index in [-0.39, 0.29) is 12.1 Å². The van der Waals surface area contributed by atoms with Crippen molar-refractivity contribution in [1.29, 1.82) is 0 Å². The summed E-state index contributed by atoms with van der Waals surface area (Å²) < 4.78 is 0. The van der Waals surface area contributed by atoms with Crippen LogP contribution in [0.4, 0.5) is 0 Å². The second kappa shape index (κ2) is 8.25. The molecule has 1 saturated heterocycles. The second-order valence-electron chi connectivity index (χ2n) is 6.31. The van der Waals surface area contributed by atoms with Gasteiger partial charge in [0.2, 0.25) is 0 Å². The third-order valence-corrected chi connectivity index (χ3v) is 4.51. The summed E-state index contributed by atoms with van der Waals surface area (Å²) in [5.41, 5.74) is 2.60. The van der Waals surface area contributed by atoms with E-state index >= 15 is 0 Å². The molecule has 2 aromatic rings. The molecule has 1 heterocycles. The summed E-state index contributed by atoms with van der Waals surface area (Å²) in [4.78, 5) is 2.35. The monoisotopic (exact) mass is 310 g/mol. The quantitative estimate of drug-likeness (QED) is 0.772. The number of β-amino-alcohol motifs (C(OH)–C–C–N with tert-alkyl or cyclic N) is 1. The fraction of sp³-hybridized carbons (Fsp3) is 0.400. The second-order valence-corrected chi connectivity index (χ2v) is 6.31. The van der Waals surface area contributed by atoms with Gasteiger partial charge >= 0.3 is 0 Å². The van der Waals surface area contributed by atoms with Gasteiger partial charge in [0, 0.05) is 13.1 Å². The van der Waals surface area contributed by atoms with E-state index in [0.717, 1.165) is 39.0 Å². The van der Waals surface area contributed by atoms with Crippen LogP contribution in [-0.4, -0.2) is 42.3 Å². The standard InChI is InChI=1S/C20H26N2O/c23-19-12-15-22(16-19)14-7-13-21-20(17-8-3-1-4-9-17)18-10-5-2-6-11-18/h1-6,8-11,19-21,23H,7,12-16H2/t19-/m0/s1. The Morgan fingerprint density at radius 3 is 2.13 bits per heavy atom. The molecule has 23 heavy (non-hydrogen) atoms. The highest BCUT2D eigenvalue weighted by atomic mass is 16.3. The van der Waals surface area contributed by atoms with E-state index < -0.39 is 0 Å². The number of rotatable bonds is 7. The highest BCUT2D eigenvalue weighted by molar-refractivity contribution is 5.31. The number of likely N-dealkylation sites (tertiary alicyclic amines) is 1. The van der Waals surface area contributed by atoms with Crippen LogP contribution in [0.2, 0.25) is 0 Å². The summed E-state index contributed by atoms with van der Waals surface area (Å²) in [6.07, 6.45) is 1.90. The lowest BCUT2D eigenvalue weighted by molar-refractivity contribution is 0.176. The van der Waals surface area contributed by atoms with Crippen molar-refractivity contribution in [3.63, 3.8) is 0 Å². The number of benzene rings is 2. The number of nitrogens with one attached hydrogen (secondary N) is 1. The lowest BCUT2D eigenvalue weighted by atomic mass is 9.99. The summed E-state index contributed by atoms with van der Waals surface area (Å²) in [5, 5.41) is 13.3. The van der Waals surface area contributed by atoms with Crippen molar-refractivity contribution in [2.45, 2.75) is 25.0 Å². The average Bonchev–Trinajstić information content (AvgIpc) is 3.02. The SMILES string of the molecule is O[C@H]1CCN(CCCNC(c2ccccc2)c2ccccc2)C1. The summed E-state index contributed by atoms with van der Waals surface area (Å²) in [6, 6.07) is 21.5. The predicted molar refractivity (Wildman–Crippen MR) is 94.4 cm³/mol. The lowest BCUT2D eigenvalue weighted by Crippen LogP contribution is -2.28. The molecule has 0 radical (unpaired) electrons. The molecule has 2 aromatic carbocycles. The topological polar surface area (TPSA) is 35.5 Å². The maximum absolute atomic E-state index is 9.58. The zero-order chi connectivity index (χ0) is 15.9. The zero-order valence-corrected chi connectivity index (χ0v) is 13.6. The number of aliphatic hydroxyl groups is 1. The maximum Gasteiger partial charge on any atom is 0.0679 e. The first-order valence-corrected chi connectivity index (χ1v) is 8.56. The molecule has 0 saturated carbocycles. The van der Waals surface area contributed by atoms with Crippen LogP contribution in [-0.2, 0) is 0 Å². The van der Waals surface area contributed by atoms with Crippen LogP contribution in [0.1, 0.15) is 30.0 Å². The molecule has 122 valence electrons. The first-order chi connectivity index (χ1) is 11.3. The largest absolute Gasteiger partial charge is 0.392 e. The Morgan fingerprint density at radius 2 is 1.61 bits per heavy atom. The van der Waals surface area contributed by atoms with E-state index in [4.69, 9.17) is 0 Å². The first-order valence-electron chi connectivity index (χ1n) is 8.56. The van der Waals surface area contributed by atoms with Gasteiger partial charge in [-0.3, -0.25) is 0 Å². The lowest BCUT2D eigenvalue weighted by Gasteiger charge is -2.21. The third kappa shape index (κ3) is 4.64. The van der Waals surface area contributed by atoms with Gasteiger partial charge in [0.1, 0.15) is 0 Å². The van der Waals surface area contributed by atoms with Crippen LogP contribution in [0, 0.1) is 0 Å². The van der Waals surface area contributed by atoms with Gasteiger partial charge in [0.05, 0.1) is 12.1 Å². The molecule has 3 nitrogen and oxygen atoms in total. The van der Waals surface area contributed by atoms with E-state index in [2.05, 4.69) is 70.9 Å². The van der Waals surface area contributed by atoms with E-state index in [1.165, 1.54) is 11.1 Å². The normalized spacial score (nSPS) is 18.6. The smallest absolute Gasteiger partial charge is 0.0679 e. The highest BCUT2D eigenvalue weighted by Crippen LogP contribution is 2.21. The summed E-state index contributed by atoms with van der Waals surface area (Å²) >= 11 is 0. The van der Waals surface area contributed by atoms with Crippen molar-refractivity contribution in [2.24, 2.45) is 0 Å². The molecule has 0 unspecified atom stereocenters. The third-order valence-electron chi connectivity index (χ3n) is 4.51. The van der Waals surface area contributed by atoms with E-state index in [0.29, 0.717) is 0 Å². The molecule has 2 N–H and O–H groups in total. The Bertz CT molecular complexity index is 533. The first kappa shape index (κ1) is 16.2. The number of hydrogen-bond donors (Lipinski definition) is 2. The van der Waals surface area contributed by atoms with Crippen LogP contribution in [0.3, 0.4) is 0 Å². The summed E-state index contributed by atoms with van der Waals surface area (Å²) in [5.74, 6) is 0. The van der Waals surface area contributed by atoms with Crippen LogP contribution >= 0.6 is 0 Å². The van der Waals surface area contributed by atoms with Crippen LogP contribution in [0.15, 0.2) is 60.7 Å². The number of aliphatic hydroxyl groups excluding tert-OH is 1. The fourth-order valence-electron chi connectivity index (χ4n) is 3.28. The Kier molecular flexibility index (Phi) is 5.81. The molecule has 0 aromatic heterocycles. The van der Waals surface area contributed by atoms with Crippen molar-refractivity contribution in [2.75, 3.05) is 26.2 Å². The van der Waals surface area contributed by atoms with Gasteiger partial charge < -0.3 is 15.3 Å². The van der Waals surface area contributed by atoms with Crippen molar-refractivity contribution < 1.29 is 5.11 Å². The molecule has 1 fully saturated rings. The van der Waals surface area contributed by atoms with Gasteiger partial charge in [0.25, 0.3) is 0 Å². The summed E-state index contributed by atoms with van der Waals surface area (Å²) in [7, 11) is 0. The molecule has 3 rings (SSSR count). The minimum Gasteiger partial charge on any atom is -0.392 e. The van der Waals surface area contributed by atoms with E-state index in [1.54, 1.807) is 0 Å². The molecule has 3 heteroatoms. The van der Waals surface area contributed by atoms with E-state index in [1.807, 2.05) is 0 Å². The minimum absolute atomic E-state index is 0.121. The predicted octanol–water partition coefficient (Wildman–Crippen LogP) is 2.82. The van der Waals surface area contributed by atoms with Crippen molar-refractivity contribution >= 4 is 0 Å². The number of hydrogen-bond acceptors (Lipinski definition) is 3. The molecule has 1 aliphatic heterocycles. The Hall–Kier alpha value is -1.68. The van der Waals surface area contributed by atoms with Gasteiger partial charge in [0.15, 0.2) is 0 Å². The van der Waals surface area contributed by atoms with Crippen molar-refractivity contribution in [1.82, 2.24) is 10.2 Å². The van der Waals surface area contributed by atoms with Crippen molar-refractivity contribution in [3.05, 3.63) is 71.8 Å². The number of nitrogens with zero attached hydrogens (tertiary/aromatic N) is 1. The molecule has 0 amide bonds. The Labute approximate surface area is 139 Å². The van der Waals surface area contributed by atoms with Crippen LogP contribution in [0.25, 0.3) is 0 Å². The molecule has 1 atom stereocenters. The van der Waals surface area contributed by atoms with Gasteiger partial charge in [-0.1, -0.05) is 60.7 Å². The fourth-order valence-corrected chi connectivity index (χ4v) is 3.28. The highest BCUT2D eigenvalue weighted by Gasteiger charge is 2.19. The molecule has 0 aliphatic carbocycles. The van der Waals surface area contributed by atoms with E-state index in [9.17, 15) is 5.11 Å². The average molecular weight is 310 g/mol. The van der Waals surface area contributed by atoms with Gasteiger partial charge in [-0.05, 0) is 37.1 Å². The van der Waals surface area contributed by atoms with Gasteiger partial charge in [-0.15, -0.1) is 0 Å². The molecular weight excluding hydrogens is 284 g/mol. The summed E-state index contributed by atoms with van der Waals surface area (Å²) in [6.45, 7) is 3.89. The Balaban J connectivity index is 1.56. The molecule has 1 aliphatic rings. The van der Waals surface area contributed by atoms with Gasteiger partial charge in [-0.25, -0.2) is 0 Å². The zero-order valence-electron chi connectivity index (χ0n) is 13.6. The molecule has 0 bridgehead atoms. The van der Waals surface area contributed by atoms with Crippen LogP contribution < -0.4 is 5.32 Å². The Morgan fingerprint density at radius 1 is 1.00 bits per heavy atom. The molecule has 0 spiro atoms. The maximum atomic E-state index is 9.58.